The molecule has 27 heavy (non-hydrogen) atoms. The molecule has 1 fully saturated rings. The molecule has 1 saturated carbocycles. The second-order valence-corrected chi connectivity index (χ2v) is 7.79. The molecule has 0 unspecified atom stereocenters. The Morgan fingerprint density at radius 2 is 2.04 bits per heavy atom. The van der Waals surface area contributed by atoms with Crippen LogP contribution in [0.3, 0.4) is 0 Å². The summed E-state index contributed by atoms with van der Waals surface area (Å²) in [6, 6.07) is -0.776. The Balaban J connectivity index is 1.89. The zero-order valence-electron chi connectivity index (χ0n) is 15.8. The molecule has 0 saturated heterocycles. The Kier molecular flexibility index (Phi) is 5.94. The lowest BCUT2D eigenvalue weighted by Gasteiger charge is -2.24. The van der Waals surface area contributed by atoms with E-state index in [1.807, 2.05) is 0 Å². The molecule has 8 heteroatoms. The van der Waals surface area contributed by atoms with Gasteiger partial charge >= 0.3 is 11.9 Å². The molecule has 0 radical (unpaired) electrons. The van der Waals surface area contributed by atoms with Crippen LogP contribution >= 0.6 is 11.3 Å². The number of thiophene rings is 1. The first-order valence-electron chi connectivity index (χ1n) is 9.31. The van der Waals surface area contributed by atoms with E-state index in [2.05, 4.69) is 4.98 Å². The topological polar surface area (TPSA) is 87.5 Å². The van der Waals surface area contributed by atoms with Gasteiger partial charge in [-0.15, -0.1) is 11.3 Å². The van der Waals surface area contributed by atoms with E-state index < -0.39 is 18.0 Å². The highest BCUT2D eigenvalue weighted by atomic mass is 32.1. The van der Waals surface area contributed by atoms with Gasteiger partial charge < -0.3 is 9.47 Å². The lowest BCUT2D eigenvalue weighted by molar-refractivity contribution is -0.154. The molecule has 0 N–H and O–H groups in total. The number of carbonyl (C=O) groups excluding carboxylic acids is 2. The summed E-state index contributed by atoms with van der Waals surface area (Å²) in [5.41, 5.74) is 0.186. The minimum absolute atomic E-state index is 0.0700. The fourth-order valence-electron chi connectivity index (χ4n) is 3.36. The van der Waals surface area contributed by atoms with Crippen molar-refractivity contribution in [2.75, 3.05) is 6.61 Å². The van der Waals surface area contributed by atoms with E-state index in [1.165, 1.54) is 17.3 Å². The van der Waals surface area contributed by atoms with E-state index in [4.69, 9.17) is 9.47 Å². The monoisotopic (exact) mass is 392 g/mol. The van der Waals surface area contributed by atoms with Crippen LogP contribution < -0.4 is 5.56 Å². The minimum atomic E-state index is -0.776. The van der Waals surface area contributed by atoms with Crippen LogP contribution in [-0.4, -0.2) is 34.2 Å². The first-order chi connectivity index (χ1) is 12.9. The van der Waals surface area contributed by atoms with Gasteiger partial charge in [0.1, 0.15) is 21.9 Å². The largest absolute Gasteiger partial charge is 0.462 e. The Labute approximate surface area is 161 Å². The highest BCUT2D eigenvalue weighted by Crippen LogP contribution is 2.28. The Hall–Kier alpha value is -2.22. The zero-order valence-corrected chi connectivity index (χ0v) is 16.6. The number of fused-ring (bicyclic) bond motifs is 1. The second kappa shape index (κ2) is 8.21. The Bertz CT molecular complexity index is 911. The van der Waals surface area contributed by atoms with Crippen LogP contribution in [0.4, 0.5) is 0 Å². The molecule has 0 aliphatic heterocycles. The molecule has 0 spiro atoms. The van der Waals surface area contributed by atoms with Gasteiger partial charge in [0.2, 0.25) is 0 Å². The van der Waals surface area contributed by atoms with Crippen molar-refractivity contribution < 1.29 is 19.1 Å². The van der Waals surface area contributed by atoms with Crippen molar-refractivity contribution in [2.45, 2.75) is 65.0 Å². The second-order valence-electron chi connectivity index (χ2n) is 6.79. The Morgan fingerprint density at radius 3 is 2.70 bits per heavy atom. The SMILES string of the molecule is CCOC(=O)c1sc2ncn([C@@H](C)C(=O)OC3CCCCC3)c(=O)c2c1C. The smallest absolute Gasteiger partial charge is 0.348 e. The average Bonchev–Trinajstić information content (AvgIpc) is 3.00. The van der Waals surface area contributed by atoms with E-state index >= 15 is 0 Å². The van der Waals surface area contributed by atoms with Crippen LogP contribution in [-0.2, 0) is 14.3 Å². The number of rotatable bonds is 5. The lowest BCUT2D eigenvalue weighted by atomic mass is 9.98. The van der Waals surface area contributed by atoms with E-state index in [-0.39, 0.29) is 18.3 Å². The number of nitrogens with zero attached hydrogens (tertiary/aromatic N) is 2. The van der Waals surface area contributed by atoms with Gasteiger partial charge in [-0.2, -0.15) is 0 Å². The third-order valence-corrected chi connectivity index (χ3v) is 6.11. The van der Waals surface area contributed by atoms with Gasteiger partial charge in [0.25, 0.3) is 5.56 Å². The lowest BCUT2D eigenvalue weighted by Crippen LogP contribution is -2.32. The van der Waals surface area contributed by atoms with Gasteiger partial charge in [-0.3, -0.25) is 9.36 Å². The van der Waals surface area contributed by atoms with E-state index in [1.54, 1.807) is 20.8 Å². The molecule has 2 heterocycles. The zero-order chi connectivity index (χ0) is 19.6. The van der Waals surface area contributed by atoms with Gasteiger partial charge in [-0.05, 0) is 52.0 Å². The summed E-state index contributed by atoms with van der Waals surface area (Å²) >= 11 is 1.13. The van der Waals surface area contributed by atoms with Crippen LogP contribution in [0, 0.1) is 6.92 Å². The van der Waals surface area contributed by atoms with Gasteiger partial charge in [0.15, 0.2) is 0 Å². The number of hydrogen-bond acceptors (Lipinski definition) is 7. The number of carbonyl (C=O) groups is 2. The molecule has 0 bridgehead atoms. The van der Waals surface area contributed by atoms with Crippen LogP contribution in [0.2, 0.25) is 0 Å². The summed E-state index contributed by atoms with van der Waals surface area (Å²) in [5, 5.41) is 0.350. The van der Waals surface area contributed by atoms with Crippen molar-refractivity contribution in [3.63, 3.8) is 0 Å². The predicted octanol–water partition coefficient (Wildman–Crippen LogP) is 3.38. The molecule has 1 aliphatic carbocycles. The summed E-state index contributed by atoms with van der Waals surface area (Å²) < 4.78 is 11.9. The first-order valence-corrected chi connectivity index (χ1v) is 10.1. The average molecular weight is 392 g/mol. The number of hydrogen-bond donors (Lipinski definition) is 0. The summed E-state index contributed by atoms with van der Waals surface area (Å²) in [6.07, 6.45) is 6.31. The number of aromatic nitrogens is 2. The van der Waals surface area contributed by atoms with Crippen molar-refractivity contribution in [2.24, 2.45) is 0 Å². The van der Waals surface area contributed by atoms with E-state index in [0.29, 0.717) is 20.7 Å². The summed E-state index contributed by atoms with van der Waals surface area (Å²) in [6.45, 7) is 5.32. The standard InChI is InChI=1S/C19H24N2O5S/c1-4-25-19(24)15-11(2)14-16(27-15)20-10-21(17(14)22)12(3)18(23)26-13-8-6-5-7-9-13/h10,12-13H,4-9H2,1-3H3/t12-/m0/s1. The highest BCUT2D eigenvalue weighted by molar-refractivity contribution is 7.20. The quantitative estimate of drug-likeness (QED) is 0.725. The Morgan fingerprint density at radius 1 is 1.33 bits per heavy atom. The third-order valence-electron chi connectivity index (χ3n) is 4.93. The summed E-state index contributed by atoms with van der Waals surface area (Å²) in [5.74, 6) is -0.891. The first kappa shape index (κ1) is 19.5. The number of aryl methyl sites for hydroxylation is 1. The molecule has 7 nitrogen and oxygen atoms in total. The minimum Gasteiger partial charge on any atom is -0.462 e. The van der Waals surface area contributed by atoms with Crippen LogP contribution in [0.15, 0.2) is 11.1 Å². The molecule has 0 aromatic carbocycles. The van der Waals surface area contributed by atoms with Gasteiger partial charge in [-0.25, -0.2) is 14.6 Å². The molecule has 3 rings (SSSR count). The van der Waals surface area contributed by atoms with Crippen molar-refractivity contribution in [1.29, 1.82) is 0 Å². The molecule has 1 aliphatic rings. The summed E-state index contributed by atoms with van der Waals surface area (Å²) in [7, 11) is 0. The maximum absolute atomic E-state index is 13.0. The molecular formula is C19H24N2O5S. The summed E-state index contributed by atoms with van der Waals surface area (Å²) in [4.78, 5) is 42.6. The van der Waals surface area contributed by atoms with Crippen LogP contribution in [0.1, 0.15) is 67.2 Å². The van der Waals surface area contributed by atoms with Gasteiger partial charge in [0, 0.05) is 0 Å². The van der Waals surface area contributed by atoms with Crippen molar-refractivity contribution in [3.8, 4) is 0 Å². The highest BCUT2D eigenvalue weighted by Gasteiger charge is 2.26. The molecule has 1 atom stereocenters. The molecular weight excluding hydrogens is 368 g/mol. The van der Waals surface area contributed by atoms with Crippen LogP contribution in [0.5, 0.6) is 0 Å². The normalized spacial score (nSPS) is 16.3. The van der Waals surface area contributed by atoms with Gasteiger partial charge in [0.05, 0.1) is 18.3 Å². The van der Waals surface area contributed by atoms with Crippen LogP contribution in [0.25, 0.3) is 10.2 Å². The predicted molar refractivity (Wildman–Crippen MR) is 102 cm³/mol. The number of esters is 2. The number of ether oxygens (including phenoxy) is 2. The molecule has 0 amide bonds. The molecule has 2 aromatic rings. The van der Waals surface area contributed by atoms with E-state index in [0.717, 1.165) is 37.0 Å². The van der Waals surface area contributed by atoms with Crippen molar-refractivity contribution in [1.82, 2.24) is 9.55 Å². The fourth-order valence-corrected chi connectivity index (χ4v) is 4.40. The van der Waals surface area contributed by atoms with Crippen molar-refractivity contribution in [3.05, 3.63) is 27.1 Å². The molecule has 2 aromatic heterocycles. The van der Waals surface area contributed by atoms with Gasteiger partial charge in [-0.1, -0.05) is 6.42 Å². The van der Waals surface area contributed by atoms with Crippen molar-refractivity contribution >= 4 is 33.5 Å². The fraction of sp³-hybridized carbons (Fsp3) is 0.579. The maximum atomic E-state index is 13.0. The maximum Gasteiger partial charge on any atom is 0.348 e. The molecule has 146 valence electrons. The third kappa shape index (κ3) is 3.90. The van der Waals surface area contributed by atoms with E-state index in [9.17, 15) is 14.4 Å².